The smallest absolute Gasteiger partial charge is 0.163 e. The molecule has 0 N–H and O–H groups in total. The average molecular weight is 276 g/mol. The van der Waals surface area contributed by atoms with Gasteiger partial charge in [0.2, 0.25) is 0 Å². The molecule has 0 bridgehead atoms. The Kier molecular flexibility index (Phi) is 4.06. The molecular formula is C16H24N2O2. The molecule has 3 heterocycles. The van der Waals surface area contributed by atoms with Crippen LogP contribution in [0.2, 0.25) is 0 Å². The van der Waals surface area contributed by atoms with E-state index in [9.17, 15) is 0 Å². The van der Waals surface area contributed by atoms with Crippen LogP contribution in [0.5, 0.6) is 0 Å². The van der Waals surface area contributed by atoms with Gasteiger partial charge < -0.3 is 14.4 Å². The quantitative estimate of drug-likeness (QED) is 0.849. The van der Waals surface area contributed by atoms with Crippen molar-refractivity contribution in [1.29, 1.82) is 0 Å². The second kappa shape index (κ2) is 5.80. The highest BCUT2D eigenvalue weighted by Gasteiger charge is 2.34. The Hall–Kier alpha value is -0.970. The highest BCUT2D eigenvalue weighted by atomic mass is 16.7. The lowest BCUT2D eigenvalue weighted by atomic mass is 9.93. The summed E-state index contributed by atoms with van der Waals surface area (Å²) in [7, 11) is 0. The number of rotatable bonds is 3. The van der Waals surface area contributed by atoms with E-state index in [0.717, 1.165) is 19.6 Å². The number of aromatic nitrogens is 1. The largest absolute Gasteiger partial charge is 0.348 e. The second-order valence-electron chi connectivity index (χ2n) is 6.28. The molecule has 3 rings (SSSR count). The van der Waals surface area contributed by atoms with Gasteiger partial charge >= 0.3 is 0 Å². The maximum Gasteiger partial charge on any atom is 0.163 e. The maximum atomic E-state index is 5.89. The molecule has 4 nitrogen and oxygen atoms in total. The van der Waals surface area contributed by atoms with Crippen molar-refractivity contribution in [2.45, 2.75) is 44.5 Å². The molecule has 0 radical (unpaired) electrons. The first-order valence-corrected chi connectivity index (χ1v) is 7.57. The zero-order valence-corrected chi connectivity index (χ0v) is 12.4. The second-order valence-corrected chi connectivity index (χ2v) is 6.28. The maximum absolute atomic E-state index is 5.89. The number of hydrogen-bond donors (Lipinski definition) is 0. The fourth-order valence-electron chi connectivity index (χ4n) is 3.17. The summed E-state index contributed by atoms with van der Waals surface area (Å²) < 4.78 is 11.5. The minimum Gasteiger partial charge on any atom is -0.348 e. The van der Waals surface area contributed by atoms with Crippen molar-refractivity contribution in [3.05, 3.63) is 30.1 Å². The van der Waals surface area contributed by atoms with E-state index >= 15 is 0 Å². The fourth-order valence-corrected chi connectivity index (χ4v) is 3.17. The number of ether oxygens (including phenoxy) is 2. The molecule has 2 aliphatic rings. The van der Waals surface area contributed by atoms with Gasteiger partial charge in [0.25, 0.3) is 0 Å². The molecule has 0 aliphatic carbocycles. The van der Waals surface area contributed by atoms with Gasteiger partial charge in [-0.05, 0) is 51.9 Å². The highest BCUT2D eigenvalue weighted by Crippen LogP contribution is 2.28. The van der Waals surface area contributed by atoms with Gasteiger partial charge in [-0.3, -0.25) is 4.98 Å². The molecule has 1 aromatic rings. The number of piperidine rings is 1. The molecular weight excluding hydrogens is 252 g/mol. The predicted octanol–water partition coefficient (Wildman–Crippen LogP) is 2.41. The number of pyridine rings is 1. The fraction of sp³-hybridized carbons (Fsp3) is 0.688. The number of nitrogens with zero attached hydrogens (tertiary/aromatic N) is 2. The third-order valence-corrected chi connectivity index (χ3v) is 4.22. The Morgan fingerprint density at radius 1 is 1.30 bits per heavy atom. The Labute approximate surface area is 121 Å². The van der Waals surface area contributed by atoms with E-state index in [4.69, 9.17) is 9.47 Å². The van der Waals surface area contributed by atoms with Crippen LogP contribution in [0.4, 0.5) is 0 Å². The van der Waals surface area contributed by atoms with E-state index in [1.54, 1.807) is 0 Å². The lowest BCUT2D eigenvalue weighted by Gasteiger charge is -2.33. The lowest BCUT2D eigenvalue weighted by Crippen LogP contribution is -2.39. The first kappa shape index (κ1) is 14.0. The Morgan fingerprint density at radius 3 is 2.70 bits per heavy atom. The number of hydrogen-bond acceptors (Lipinski definition) is 4. The van der Waals surface area contributed by atoms with Gasteiger partial charge in [-0.2, -0.15) is 0 Å². The Balaban J connectivity index is 1.47. The number of likely N-dealkylation sites (tertiary alicyclic amines) is 1. The van der Waals surface area contributed by atoms with Crippen LogP contribution in [-0.2, 0) is 9.47 Å². The molecule has 1 aromatic heterocycles. The van der Waals surface area contributed by atoms with Crippen molar-refractivity contribution in [2.24, 2.45) is 0 Å². The normalized spacial score (nSPS) is 27.8. The van der Waals surface area contributed by atoms with E-state index < -0.39 is 5.79 Å². The molecule has 2 aliphatic heterocycles. The zero-order chi connectivity index (χ0) is 14.0. The molecule has 0 spiro atoms. The monoisotopic (exact) mass is 276 g/mol. The van der Waals surface area contributed by atoms with Gasteiger partial charge in [0, 0.05) is 24.4 Å². The van der Waals surface area contributed by atoms with Crippen molar-refractivity contribution in [1.82, 2.24) is 9.88 Å². The molecule has 0 aromatic carbocycles. The van der Waals surface area contributed by atoms with Crippen LogP contribution >= 0.6 is 0 Å². The third-order valence-electron chi connectivity index (χ3n) is 4.22. The van der Waals surface area contributed by atoms with Crippen LogP contribution in [-0.4, -0.2) is 48.0 Å². The molecule has 0 saturated carbocycles. The van der Waals surface area contributed by atoms with Crippen molar-refractivity contribution < 1.29 is 9.47 Å². The molecule has 2 saturated heterocycles. The van der Waals surface area contributed by atoms with E-state index in [1.165, 1.54) is 18.5 Å². The van der Waals surface area contributed by atoms with Crippen molar-refractivity contribution >= 4 is 0 Å². The summed E-state index contributed by atoms with van der Waals surface area (Å²) in [6.07, 6.45) is 4.49. The topological polar surface area (TPSA) is 34.6 Å². The van der Waals surface area contributed by atoms with Gasteiger partial charge in [0.15, 0.2) is 5.79 Å². The first-order chi connectivity index (χ1) is 9.62. The molecule has 0 amide bonds. The zero-order valence-electron chi connectivity index (χ0n) is 12.4. The van der Waals surface area contributed by atoms with Crippen LogP contribution in [0.3, 0.4) is 0 Å². The summed E-state index contributed by atoms with van der Waals surface area (Å²) in [5.74, 6) is 0.210. The molecule has 4 heteroatoms. The summed E-state index contributed by atoms with van der Waals surface area (Å²) in [4.78, 5) is 6.98. The van der Waals surface area contributed by atoms with E-state index in [1.807, 2.05) is 26.1 Å². The van der Waals surface area contributed by atoms with Crippen LogP contribution in [0.15, 0.2) is 24.4 Å². The standard InChI is InChI=1S/C16H24N2O2/c1-16(2)19-12-14(20-16)11-18-9-6-13(7-10-18)15-5-3-4-8-17-15/h3-5,8,13-14H,6-7,9-12H2,1-2H3. The van der Waals surface area contributed by atoms with Gasteiger partial charge in [0.1, 0.15) is 0 Å². The van der Waals surface area contributed by atoms with Crippen molar-refractivity contribution in [3.8, 4) is 0 Å². The van der Waals surface area contributed by atoms with E-state index in [-0.39, 0.29) is 6.10 Å². The predicted molar refractivity (Wildman–Crippen MR) is 77.6 cm³/mol. The third kappa shape index (κ3) is 3.37. The highest BCUT2D eigenvalue weighted by molar-refractivity contribution is 5.10. The van der Waals surface area contributed by atoms with Crippen LogP contribution in [0.1, 0.15) is 38.3 Å². The summed E-state index contributed by atoms with van der Waals surface area (Å²) in [6, 6.07) is 6.22. The summed E-state index contributed by atoms with van der Waals surface area (Å²) in [5, 5.41) is 0. The van der Waals surface area contributed by atoms with E-state index in [0.29, 0.717) is 12.5 Å². The van der Waals surface area contributed by atoms with Gasteiger partial charge in [0.05, 0.1) is 12.7 Å². The summed E-state index contributed by atoms with van der Waals surface area (Å²) >= 11 is 0. The van der Waals surface area contributed by atoms with Crippen molar-refractivity contribution in [3.63, 3.8) is 0 Å². The first-order valence-electron chi connectivity index (χ1n) is 7.57. The lowest BCUT2D eigenvalue weighted by molar-refractivity contribution is -0.140. The average Bonchev–Trinajstić information content (AvgIpc) is 2.80. The van der Waals surface area contributed by atoms with Crippen LogP contribution < -0.4 is 0 Å². The van der Waals surface area contributed by atoms with Crippen molar-refractivity contribution in [2.75, 3.05) is 26.2 Å². The van der Waals surface area contributed by atoms with Gasteiger partial charge in [-0.15, -0.1) is 0 Å². The van der Waals surface area contributed by atoms with Crippen LogP contribution in [0, 0.1) is 0 Å². The Bertz CT molecular complexity index is 427. The minimum absolute atomic E-state index is 0.219. The molecule has 1 unspecified atom stereocenters. The van der Waals surface area contributed by atoms with Crippen LogP contribution in [0.25, 0.3) is 0 Å². The summed E-state index contributed by atoms with van der Waals surface area (Å²) in [6.45, 7) is 7.93. The summed E-state index contributed by atoms with van der Waals surface area (Å²) in [5.41, 5.74) is 1.24. The minimum atomic E-state index is -0.406. The SMILES string of the molecule is CC1(C)OCC(CN2CCC(c3ccccn3)CC2)O1. The molecule has 110 valence electrons. The Morgan fingerprint density at radius 2 is 2.10 bits per heavy atom. The van der Waals surface area contributed by atoms with Gasteiger partial charge in [-0.25, -0.2) is 0 Å². The molecule has 1 atom stereocenters. The van der Waals surface area contributed by atoms with E-state index in [2.05, 4.69) is 22.0 Å². The molecule has 20 heavy (non-hydrogen) atoms. The van der Waals surface area contributed by atoms with Gasteiger partial charge in [-0.1, -0.05) is 6.07 Å². The molecule has 2 fully saturated rings.